The van der Waals surface area contributed by atoms with Gasteiger partial charge in [0.1, 0.15) is 0 Å². The van der Waals surface area contributed by atoms with Crippen molar-refractivity contribution in [3.63, 3.8) is 0 Å². The van der Waals surface area contributed by atoms with Crippen LogP contribution >= 0.6 is 11.3 Å². The summed E-state index contributed by atoms with van der Waals surface area (Å²) in [6.45, 7) is 2.18. The summed E-state index contributed by atoms with van der Waals surface area (Å²) in [5.74, 6) is 0. The zero-order valence-corrected chi connectivity index (χ0v) is 10.3. The number of nitrogens with two attached hydrogens (primary N) is 1. The first kappa shape index (κ1) is 11.4. The summed E-state index contributed by atoms with van der Waals surface area (Å²) in [6, 6.07) is 12.8. The third-order valence-electron chi connectivity index (χ3n) is 2.84. The van der Waals surface area contributed by atoms with Gasteiger partial charge in [-0.25, -0.2) is 0 Å². The molecule has 0 saturated carbocycles. The molecule has 0 fully saturated rings. The second-order valence-corrected chi connectivity index (χ2v) is 4.97. The van der Waals surface area contributed by atoms with Crippen LogP contribution in [0.5, 0.6) is 0 Å². The van der Waals surface area contributed by atoms with E-state index >= 15 is 0 Å². The van der Waals surface area contributed by atoms with Gasteiger partial charge >= 0.3 is 0 Å². The largest absolute Gasteiger partial charge is 0.324 e. The lowest BCUT2D eigenvalue weighted by Crippen LogP contribution is -2.14. The summed E-state index contributed by atoms with van der Waals surface area (Å²) >= 11 is 1.78. The molecule has 0 aliphatic carbocycles. The van der Waals surface area contributed by atoms with E-state index in [0.29, 0.717) is 0 Å². The average Bonchev–Trinajstić information content (AvgIpc) is 2.81. The molecule has 16 heavy (non-hydrogen) atoms. The smallest absolute Gasteiger partial charge is 0.0346 e. The second kappa shape index (κ2) is 5.28. The Bertz CT molecular complexity index is 434. The molecule has 2 N–H and O–H groups in total. The van der Waals surface area contributed by atoms with Gasteiger partial charge < -0.3 is 5.73 Å². The first-order chi connectivity index (χ1) is 7.81. The molecule has 0 aliphatic heterocycles. The highest BCUT2D eigenvalue weighted by molar-refractivity contribution is 7.09. The quantitative estimate of drug-likeness (QED) is 0.855. The molecule has 0 aliphatic rings. The van der Waals surface area contributed by atoms with Crippen molar-refractivity contribution < 1.29 is 0 Å². The Morgan fingerprint density at radius 2 is 2.00 bits per heavy atom. The van der Waals surface area contributed by atoms with E-state index in [0.717, 1.165) is 12.8 Å². The molecule has 2 heteroatoms. The van der Waals surface area contributed by atoms with Crippen LogP contribution in [0.4, 0.5) is 0 Å². The van der Waals surface area contributed by atoms with Crippen LogP contribution in [-0.4, -0.2) is 0 Å². The highest BCUT2D eigenvalue weighted by Gasteiger charge is 2.10. The monoisotopic (exact) mass is 231 g/mol. The van der Waals surface area contributed by atoms with E-state index in [9.17, 15) is 0 Å². The van der Waals surface area contributed by atoms with Gasteiger partial charge in [-0.2, -0.15) is 0 Å². The molecule has 1 unspecified atom stereocenters. The van der Waals surface area contributed by atoms with Crippen molar-refractivity contribution in [2.24, 2.45) is 5.73 Å². The Labute approximate surface area is 101 Å². The standard InChI is InChI=1S/C14H17NS/c1-2-11-6-3-4-8-13(11)14(15)10-12-7-5-9-16-12/h3-9,14H,2,10,15H2,1H3. The molecular weight excluding hydrogens is 214 g/mol. The lowest BCUT2D eigenvalue weighted by atomic mass is 9.97. The van der Waals surface area contributed by atoms with E-state index in [-0.39, 0.29) is 6.04 Å². The number of hydrogen-bond acceptors (Lipinski definition) is 2. The molecule has 1 atom stereocenters. The van der Waals surface area contributed by atoms with Crippen molar-refractivity contribution in [1.82, 2.24) is 0 Å². The lowest BCUT2D eigenvalue weighted by molar-refractivity contribution is 0.720. The third kappa shape index (κ3) is 2.52. The highest BCUT2D eigenvalue weighted by Crippen LogP contribution is 2.22. The van der Waals surface area contributed by atoms with Gasteiger partial charge in [-0.15, -0.1) is 11.3 Å². The lowest BCUT2D eigenvalue weighted by Gasteiger charge is -2.14. The van der Waals surface area contributed by atoms with Gasteiger partial charge in [0.05, 0.1) is 0 Å². The Morgan fingerprint density at radius 3 is 2.69 bits per heavy atom. The van der Waals surface area contributed by atoms with Crippen molar-refractivity contribution in [2.45, 2.75) is 25.8 Å². The molecule has 1 heterocycles. The molecule has 1 aromatic carbocycles. The molecule has 2 aromatic rings. The summed E-state index contributed by atoms with van der Waals surface area (Å²) in [7, 11) is 0. The van der Waals surface area contributed by atoms with Crippen molar-refractivity contribution in [3.05, 3.63) is 57.8 Å². The molecule has 1 aromatic heterocycles. The summed E-state index contributed by atoms with van der Waals surface area (Å²) in [5, 5.41) is 2.10. The normalized spacial score (nSPS) is 12.6. The number of thiophene rings is 1. The first-order valence-corrected chi connectivity index (χ1v) is 6.55. The van der Waals surface area contributed by atoms with E-state index in [2.05, 4.69) is 48.7 Å². The molecule has 0 spiro atoms. The second-order valence-electron chi connectivity index (χ2n) is 3.94. The molecule has 84 valence electrons. The third-order valence-corrected chi connectivity index (χ3v) is 3.74. The van der Waals surface area contributed by atoms with Crippen LogP contribution < -0.4 is 5.73 Å². The van der Waals surface area contributed by atoms with E-state index in [1.807, 2.05) is 0 Å². The summed E-state index contributed by atoms with van der Waals surface area (Å²) in [6.07, 6.45) is 1.99. The van der Waals surface area contributed by atoms with Gasteiger partial charge in [-0.3, -0.25) is 0 Å². The van der Waals surface area contributed by atoms with E-state index < -0.39 is 0 Å². The van der Waals surface area contributed by atoms with Crippen molar-refractivity contribution in [2.75, 3.05) is 0 Å². The Hall–Kier alpha value is -1.12. The predicted octanol–water partition coefficient (Wildman–Crippen LogP) is 3.55. The average molecular weight is 231 g/mol. The number of hydrogen-bond donors (Lipinski definition) is 1. The van der Waals surface area contributed by atoms with E-state index in [1.165, 1.54) is 16.0 Å². The van der Waals surface area contributed by atoms with Crippen LogP contribution in [0.25, 0.3) is 0 Å². The molecule has 0 amide bonds. The Balaban J connectivity index is 2.17. The SMILES string of the molecule is CCc1ccccc1C(N)Cc1cccs1. The van der Waals surface area contributed by atoms with Crippen LogP contribution in [-0.2, 0) is 12.8 Å². The fraction of sp³-hybridized carbons (Fsp3) is 0.286. The van der Waals surface area contributed by atoms with Gasteiger partial charge in [-0.05, 0) is 29.0 Å². The molecule has 0 radical (unpaired) electrons. The minimum Gasteiger partial charge on any atom is -0.324 e. The topological polar surface area (TPSA) is 26.0 Å². The Morgan fingerprint density at radius 1 is 1.19 bits per heavy atom. The summed E-state index contributed by atoms with van der Waals surface area (Å²) < 4.78 is 0. The minimum atomic E-state index is 0.120. The maximum atomic E-state index is 6.27. The number of rotatable bonds is 4. The summed E-state index contributed by atoms with van der Waals surface area (Å²) in [4.78, 5) is 1.36. The minimum absolute atomic E-state index is 0.120. The highest BCUT2D eigenvalue weighted by atomic mass is 32.1. The molecular formula is C14H17NS. The van der Waals surface area contributed by atoms with E-state index in [1.54, 1.807) is 11.3 Å². The molecule has 1 nitrogen and oxygen atoms in total. The summed E-state index contributed by atoms with van der Waals surface area (Å²) in [5.41, 5.74) is 8.93. The zero-order chi connectivity index (χ0) is 11.4. The van der Waals surface area contributed by atoms with Crippen molar-refractivity contribution in [3.8, 4) is 0 Å². The fourth-order valence-electron chi connectivity index (χ4n) is 1.97. The Kier molecular flexibility index (Phi) is 3.75. The maximum absolute atomic E-state index is 6.27. The van der Waals surface area contributed by atoms with Gasteiger partial charge in [0.25, 0.3) is 0 Å². The predicted molar refractivity (Wildman–Crippen MR) is 70.8 cm³/mol. The van der Waals surface area contributed by atoms with Crippen LogP contribution in [0.1, 0.15) is 29.0 Å². The first-order valence-electron chi connectivity index (χ1n) is 5.67. The number of aryl methyl sites for hydroxylation is 1. The zero-order valence-electron chi connectivity index (χ0n) is 9.52. The molecule has 0 saturated heterocycles. The van der Waals surface area contributed by atoms with Gasteiger partial charge in [0.15, 0.2) is 0 Å². The van der Waals surface area contributed by atoms with Crippen LogP contribution in [0.3, 0.4) is 0 Å². The molecule has 0 bridgehead atoms. The maximum Gasteiger partial charge on any atom is 0.0346 e. The van der Waals surface area contributed by atoms with Gasteiger partial charge in [0.2, 0.25) is 0 Å². The van der Waals surface area contributed by atoms with Gasteiger partial charge in [0, 0.05) is 17.3 Å². The fourth-order valence-corrected chi connectivity index (χ4v) is 2.74. The number of benzene rings is 1. The van der Waals surface area contributed by atoms with Crippen LogP contribution in [0, 0.1) is 0 Å². The van der Waals surface area contributed by atoms with Crippen molar-refractivity contribution >= 4 is 11.3 Å². The molecule has 2 rings (SSSR count). The van der Waals surface area contributed by atoms with Gasteiger partial charge in [-0.1, -0.05) is 37.3 Å². The van der Waals surface area contributed by atoms with Crippen molar-refractivity contribution in [1.29, 1.82) is 0 Å². The van der Waals surface area contributed by atoms with E-state index in [4.69, 9.17) is 5.73 Å². The van der Waals surface area contributed by atoms with Crippen LogP contribution in [0.2, 0.25) is 0 Å². The van der Waals surface area contributed by atoms with Crippen LogP contribution in [0.15, 0.2) is 41.8 Å².